The number of nitrogens with one attached hydrogen (secondary N) is 1. The normalized spacial score (nSPS) is 16.8. The van der Waals surface area contributed by atoms with E-state index in [0.717, 1.165) is 51.0 Å². The Kier molecular flexibility index (Phi) is 6.45. The minimum Gasteiger partial charge on any atom is -0.337 e. The van der Waals surface area contributed by atoms with Crippen molar-refractivity contribution in [3.05, 3.63) is 48.5 Å². The molecule has 0 spiro atoms. The number of hydrogen-bond donors (Lipinski definition) is 1. The highest BCUT2D eigenvalue weighted by Crippen LogP contribution is 2.20. The molecule has 1 aromatic heterocycles. The van der Waals surface area contributed by atoms with Crippen molar-refractivity contribution in [3.63, 3.8) is 0 Å². The maximum Gasteiger partial charge on any atom is 0.175 e. The van der Waals surface area contributed by atoms with Gasteiger partial charge in [0.25, 0.3) is 0 Å². The van der Waals surface area contributed by atoms with Crippen molar-refractivity contribution >= 4 is 9.84 Å². The maximum atomic E-state index is 11.9. The van der Waals surface area contributed by atoms with E-state index in [4.69, 9.17) is 0 Å². The van der Waals surface area contributed by atoms with Crippen molar-refractivity contribution in [1.82, 2.24) is 19.8 Å². The molecule has 1 N–H and O–H groups in total. The van der Waals surface area contributed by atoms with Gasteiger partial charge in [0.2, 0.25) is 0 Å². The van der Waals surface area contributed by atoms with Crippen LogP contribution in [0.2, 0.25) is 0 Å². The topological polar surface area (TPSA) is 67.2 Å². The summed E-state index contributed by atoms with van der Waals surface area (Å²) >= 11 is 0. The Bertz CT molecular complexity index is 782. The van der Waals surface area contributed by atoms with Crippen molar-refractivity contribution < 1.29 is 8.42 Å². The van der Waals surface area contributed by atoms with E-state index in [9.17, 15) is 8.42 Å². The summed E-state index contributed by atoms with van der Waals surface area (Å²) in [5.74, 6) is 0. The molecule has 2 heterocycles. The van der Waals surface area contributed by atoms with Crippen molar-refractivity contribution in [2.75, 3.05) is 25.9 Å². The molecule has 1 aliphatic rings. The zero-order valence-corrected chi connectivity index (χ0v) is 16.2. The van der Waals surface area contributed by atoms with Crippen molar-refractivity contribution in [3.8, 4) is 0 Å². The number of rotatable bonds is 8. The Hall–Kier alpha value is -1.70. The van der Waals surface area contributed by atoms with Crippen molar-refractivity contribution in [2.24, 2.45) is 0 Å². The number of likely N-dealkylation sites (tertiary alicyclic amines) is 1. The van der Waals surface area contributed by atoms with Crippen LogP contribution in [0.1, 0.15) is 24.8 Å². The van der Waals surface area contributed by atoms with Crippen LogP contribution in [0.25, 0.3) is 0 Å². The molecule has 0 saturated carbocycles. The lowest BCUT2D eigenvalue weighted by Gasteiger charge is -2.32. The molecule has 0 aliphatic carbocycles. The summed E-state index contributed by atoms with van der Waals surface area (Å²) in [6.07, 6.45) is 10.2. The highest BCUT2D eigenvalue weighted by molar-refractivity contribution is 7.90. The number of imidazole rings is 1. The number of aromatic nitrogens is 2. The molecule has 0 radical (unpaired) electrons. The molecule has 0 bridgehead atoms. The Morgan fingerprint density at radius 3 is 2.69 bits per heavy atom. The lowest BCUT2D eigenvalue weighted by Crippen LogP contribution is -2.42. The van der Waals surface area contributed by atoms with Gasteiger partial charge in [0.1, 0.15) is 0 Å². The first-order valence-corrected chi connectivity index (χ1v) is 11.1. The van der Waals surface area contributed by atoms with Crippen molar-refractivity contribution in [2.45, 2.75) is 43.3 Å². The maximum absolute atomic E-state index is 11.9. The van der Waals surface area contributed by atoms with E-state index in [1.165, 1.54) is 6.26 Å². The van der Waals surface area contributed by atoms with E-state index in [1.807, 2.05) is 30.9 Å². The summed E-state index contributed by atoms with van der Waals surface area (Å²) in [6, 6.07) is 7.90. The van der Waals surface area contributed by atoms with Gasteiger partial charge in [-0.1, -0.05) is 18.2 Å². The minimum atomic E-state index is -3.17. The van der Waals surface area contributed by atoms with E-state index in [2.05, 4.69) is 19.8 Å². The lowest BCUT2D eigenvalue weighted by atomic mass is 10.0. The van der Waals surface area contributed by atoms with Crippen LogP contribution >= 0.6 is 0 Å². The first kappa shape index (κ1) is 19.1. The van der Waals surface area contributed by atoms with E-state index in [1.54, 1.807) is 12.1 Å². The van der Waals surface area contributed by atoms with Crippen LogP contribution in [0, 0.1) is 0 Å². The molecule has 26 heavy (non-hydrogen) atoms. The van der Waals surface area contributed by atoms with Gasteiger partial charge in [-0.3, -0.25) is 4.90 Å². The summed E-state index contributed by atoms with van der Waals surface area (Å²) in [5.41, 5.74) is 0.904. The first-order valence-electron chi connectivity index (χ1n) is 9.22. The second-order valence-electron chi connectivity index (χ2n) is 7.04. The van der Waals surface area contributed by atoms with Crippen LogP contribution in [-0.2, 0) is 22.9 Å². The van der Waals surface area contributed by atoms with Gasteiger partial charge in [0, 0.05) is 37.8 Å². The molecule has 1 fully saturated rings. The van der Waals surface area contributed by atoms with Crippen LogP contribution in [0.3, 0.4) is 0 Å². The quantitative estimate of drug-likeness (QED) is 0.713. The standard InChI is InChI=1S/C19H28N4O2S/c1-26(24,25)19-6-3-2-5-17(19)15-22-12-7-18(8-13-22)21-9-4-11-23-14-10-20-16-23/h2-3,5-6,10,14,16,18,21H,4,7-9,11-13,15H2,1H3. The first-order chi connectivity index (χ1) is 12.5. The monoisotopic (exact) mass is 376 g/mol. The highest BCUT2D eigenvalue weighted by Gasteiger charge is 2.21. The van der Waals surface area contributed by atoms with Crippen LogP contribution < -0.4 is 5.32 Å². The molecular formula is C19H28N4O2S. The molecule has 0 amide bonds. The van der Waals surface area contributed by atoms with Crippen LogP contribution in [0.15, 0.2) is 47.9 Å². The number of nitrogens with zero attached hydrogens (tertiary/aromatic N) is 3. The molecule has 0 unspecified atom stereocenters. The molecule has 1 aliphatic heterocycles. The molecule has 3 rings (SSSR count). The fourth-order valence-electron chi connectivity index (χ4n) is 3.52. The van der Waals surface area contributed by atoms with Gasteiger partial charge < -0.3 is 9.88 Å². The zero-order valence-electron chi connectivity index (χ0n) is 15.3. The second-order valence-corrected chi connectivity index (χ2v) is 9.02. The molecule has 1 aromatic carbocycles. The number of hydrogen-bond acceptors (Lipinski definition) is 5. The number of piperidine rings is 1. The van der Waals surface area contributed by atoms with Gasteiger partial charge in [-0.25, -0.2) is 13.4 Å². The van der Waals surface area contributed by atoms with Crippen LogP contribution in [0.4, 0.5) is 0 Å². The zero-order chi connectivity index (χ0) is 18.4. The number of aryl methyl sites for hydroxylation is 1. The Morgan fingerprint density at radius 1 is 1.23 bits per heavy atom. The summed E-state index contributed by atoms with van der Waals surface area (Å²) in [5, 5.41) is 3.65. The Morgan fingerprint density at radius 2 is 2.00 bits per heavy atom. The molecule has 2 aromatic rings. The summed E-state index contributed by atoms with van der Waals surface area (Å²) in [4.78, 5) is 6.87. The molecule has 1 saturated heterocycles. The largest absolute Gasteiger partial charge is 0.337 e. The fraction of sp³-hybridized carbons (Fsp3) is 0.526. The molecular weight excluding hydrogens is 348 g/mol. The van der Waals surface area contributed by atoms with E-state index < -0.39 is 9.84 Å². The highest BCUT2D eigenvalue weighted by atomic mass is 32.2. The third-order valence-electron chi connectivity index (χ3n) is 4.94. The molecule has 7 heteroatoms. The van der Waals surface area contributed by atoms with E-state index in [0.29, 0.717) is 17.5 Å². The smallest absolute Gasteiger partial charge is 0.175 e. The number of benzene rings is 1. The lowest BCUT2D eigenvalue weighted by molar-refractivity contribution is 0.189. The number of sulfone groups is 1. The van der Waals surface area contributed by atoms with Crippen molar-refractivity contribution in [1.29, 1.82) is 0 Å². The summed E-state index contributed by atoms with van der Waals surface area (Å²) in [6.45, 7) is 4.71. The SMILES string of the molecule is CS(=O)(=O)c1ccccc1CN1CCC(NCCCn2ccnc2)CC1. The third kappa shape index (κ3) is 5.40. The molecule has 0 atom stereocenters. The van der Waals surface area contributed by atoms with Gasteiger partial charge in [0.05, 0.1) is 11.2 Å². The minimum absolute atomic E-state index is 0.458. The van der Waals surface area contributed by atoms with Gasteiger partial charge >= 0.3 is 0 Å². The van der Waals surface area contributed by atoms with Gasteiger partial charge in [-0.15, -0.1) is 0 Å². The van der Waals surface area contributed by atoms with E-state index >= 15 is 0 Å². The average molecular weight is 377 g/mol. The third-order valence-corrected chi connectivity index (χ3v) is 6.14. The van der Waals surface area contributed by atoms with Gasteiger partial charge in [-0.2, -0.15) is 0 Å². The Balaban J connectivity index is 1.41. The second kappa shape index (κ2) is 8.79. The summed E-state index contributed by atoms with van der Waals surface area (Å²) in [7, 11) is -3.17. The van der Waals surface area contributed by atoms with Crippen LogP contribution in [-0.4, -0.2) is 54.8 Å². The average Bonchev–Trinajstić information content (AvgIpc) is 3.13. The van der Waals surface area contributed by atoms with Gasteiger partial charge in [0.15, 0.2) is 9.84 Å². The Labute approximate surface area is 156 Å². The predicted molar refractivity (Wildman–Crippen MR) is 103 cm³/mol. The fourth-order valence-corrected chi connectivity index (χ4v) is 4.45. The summed E-state index contributed by atoms with van der Waals surface area (Å²) < 4.78 is 26.0. The molecule has 142 valence electrons. The van der Waals surface area contributed by atoms with Crippen LogP contribution in [0.5, 0.6) is 0 Å². The molecule has 6 nitrogen and oxygen atoms in total. The van der Waals surface area contributed by atoms with E-state index in [-0.39, 0.29) is 0 Å². The van der Waals surface area contributed by atoms with Gasteiger partial charge in [-0.05, 0) is 50.5 Å². The predicted octanol–water partition coefficient (Wildman–Crippen LogP) is 1.93.